The van der Waals surface area contributed by atoms with Crippen molar-refractivity contribution >= 4 is 29.5 Å². The van der Waals surface area contributed by atoms with Crippen molar-refractivity contribution in [1.29, 1.82) is 0 Å². The highest BCUT2D eigenvalue weighted by atomic mass is 32.2. The SMILES string of the molecule is C=CCN(Cc1ccccc1)C(=O)C1N(CCCO)C(=O)[C@@H]2[C@@H](C(=O)OCC)[C@H]3CCC12S3. The van der Waals surface area contributed by atoms with Crippen LogP contribution in [0.3, 0.4) is 0 Å². The molecular formula is C25H32N2O5S. The molecule has 4 rings (SSSR count). The van der Waals surface area contributed by atoms with Gasteiger partial charge >= 0.3 is 5.97 Å². The molecule has 0 radical (unpaired) electrons. The van der Waals surface area contributed by atoms with Crippen molar-refractivity contribution < 1.29 is 24.2 Å². The van der Waals surface area contributed by atoms with E-state index in [0.29, 0.717) is 25.9 Å². The van der Waals surface area contributed by atoms with E-state index in [9.17, 15) is 19.5 Å². The Morgan fingerprint density at radius 1 is 1.36 bits per heavy atom. The van der Waals surface area contributed by atoms with Gasteiger partial charge in [0, 0.05) is 31.5 Å². The first-order valence-corrected chi connectivity index (χ1v) is 12.6. The topological polar surface area (TPSA) is 87.2 Å². The number of benzene rings is 1. The molecule has 0 aromatic heterocycles. The minimum absolute atomic E-state index is 0.00438. The summed E-state index contributed by atoms with van der Waals surface area (Å²) in [6, 6.07) is 9.08. The van der Waals surface area contributed by atoms with Gasteiger partial charge in [-0.15, -0.1) is 18.3 Å². The second-order valence-electron chi connectivity index (χ2n) is 8.91. The van der Waals surface area contributed by atoms with E-state index < -0.39 is 22.6 Å². The van der Waals surface area contributed by atoms with E-state index in [2.05, 4.69) is 6.58 Å². The van der Waals surface area contributed by atoms with Crippen LogP contribution in [0, 0.1) is 11.8 Å². The lowest BCUT2D eigenvalue weighted by Crippen LogP contribution is -2.54. The van der Waals surface area contributed by atoms with Gasteiger partial charge in [-0.1, -0.05) is 36.4 Å². The zero-order valence-electron chi connectivity index (χ0n) is 19.0. The minimum atomic E-state index is -0.667. The summed E-state index contributed by atoms with van der Waals surface area (Å²) in [5.41, 5.74) is 1.00. The van der Waals surface area contributed by atoms with Crippen molar-refractivity contribution in [2.24, 2.45) is 11.8 Å². The van der Waals surface area contributed by atoms with Crippen LogP contribution in [0.2, 0.25) is 0 Å². The van der Waals surface area contributed by atoms with Gasteiger partial charge in [0.2, 0.25) is 11.8 Å². The molecule has 3 aliphatic heterocycles. The number of rotatable bonds is 10. The van der Waals surface area contributed by atoms with Gasteiger partial charge in [-0.3, -0.25) is 14.4 Å². The summed E-state index contributed by atoms with van der Waals surface area (Å²) >= 11 is 1.63. The molecule has 3 heterocycles. The minimum Gasteiger partial charge on any atom is -0.466 e. The first-order chi connectivity index (χ1) is 16.0. The summed E-state index contributed by atoms with van der Waals surface area (Å²) in [7, 11) is 0. The molecule has 1 spiro atoms. The van der Waals surface area contributed by atoms with Gasteiger partial charge in [-0.25, -0.2) is 0 Å². The van der Waals surface area contributed by atoms with Gasteiger partial charge in [-0.05, 0) is 31.7 Å². The number of thioether (sulfide) groups is 1. The molecule has 3 saturated heterocycles. The zero-order valence-corrected chi connectivity index (χ0v) is 19.8. The highest BCUT2D eigenvalue weighted by molar-refractivity contribution is 8.02. The fraction of sp³-hybridized carbons (Fsp3) is 0.560. The zero-order chi connectivity index (χ0) is 23.6. The molecule has 8 heteroatoms. The number of fused-ring (bicyclic) bond motifs is 1. The third kappa shape index (κ3) is 4.08. The van der Waals surface area contributed by atoms with Crippen LogP contribution in [0.1, 0.15) is 31.7 Å². The van der Waals surface area contributed by atoms with Crippen molar-refractivity contribution in [1.82, 2.24) is 9.80 Å². The monoisotopic (exact) mass is 472 g/mol. The molecule has 2 unspecified atom stereocenters. The smallest absolute Gasteiger partial charge is 0.310 e. The van der Waals surface area contributed by atoms with E-state index in [1.807, 2.05) is 30.3 Å². The number of esters is 1. The Labute approximate surface area is 199 Å². The lowest BCUT2D eigenvalue weighted by atomic mass is 9.71. The summed E-state index contributed by atoms with van der Waals surface area (Å²) in [5, 5.41) is 9.44. The first-order valence-electron chi connectivity index (χ1n) is 11.7. The van der Waals surface area contributed by atoms with Crippen molar-refractivity contribution in [2.75, 3.05) is 26.3 Å². The highest BCUT2D eigenvalue weighted by Gasteiger charge is 2.74. The Morgan fingerprint density at radius 3 is 2.79 bits per heavy atom. The molecule has 0 saturated carbocycles. The van der Waals surface area contributed by atoms with Gasteiger partial charge in [0.15, 0.2) is 0 Å². The predicted molar refractivity (Wildman–Crippen MR) is 126 cm³/mol. The number of amides is 2. The number of hydrogen-bond donors (Lipinski definition) is 1. The van der Waals surface area contributed by atoms with Crippen LogP contribution in [-0.2, 0) is 25.7 Å². The lowest BCUT2D eigenvalue weighted by Gasteiger charge is -2.37. The van der Waals surface area contributed by atoms with Crippen LogP contribution in [0.15, 0.2) is 43.0 Å². The van der Waals surface area contributed by atoms with Gasteiger partial charge in [0.1, 0.15) is 6.04 Å². The molecule has 1 N–H and O–H groups in total. The van der Waals surface area contributed by atoms with Crippen LogP contribution < -0.4 is 0 Å². The van der Waals surface area contributed by atoms with Crippen molar-refractivity contribution in [3.8, 4) is 0 Å². The van der Waals surface area contributed by atoms with Gasteiger partial charge < -0.3 is 19.6 Å². The molecule has 5 atom stereocenters. The Balaban J connectivity index is 1.69. The molecule has 7 nitrogen and oxygen atoms in total. The molecule has 3 aliphatic rings. The Bertz CT molecular complexity index is 909. The molecular weight excluding hydrogens is 440 g/mol. The first kappa shape index (κ1) is 23.8. The Hall–Kier alpha value is -2.32. The van der Waals surface area contributed by atoms with E-state index in [0.717, 1.165) is 12.0 Å². The van der Waals surface area contributed by atoms with Crippen LogP contribution >= 0.6 is 11.8 Å². The average Bonchev–Trinajstić information content (AvgIpc) is 3.45. The second-order valence-corrected chi connectivity index (χ2v) is 10.5. The summed E-state index contributed by atoms with van der Waals surface area (Å²) < 4.78 is 4.70. The number of likely N-dealkylation sites (tertiary alicyclic amines) is 1. The summed E-state index contributed by atoms with van der Waals surface area (Å²) in [4.78, 5) is 44.0. The Morgan fingerprint density at radius 2 is 2.12 bits per heavy atom. The van der Waals surface area contributed by atoms with Crippen molar-refractivity contribution in [3.05, 3.63) is 48.6 Å². The molecule has 3 fully saturated rings. The van der Waals surface area contributed by atoms with E-state index in [1.54, 1.807) is 34.6 Å². The van der Waals surface area contributed by atoms with Gasteiger partial charge in [0.05, 0.1) is 23.2 Å². The number of ether oxygens (including phenoxy) is 1. The molecule has 178 valence electrons. The maximum atomic E-state index is 14.1. The molecule has 1 aromatic rings. The van der Waals surface area contributed by atoms with Crippen molar-refractivity contribution in [2.45, 2.75) is 48.8 Å². The lowest BCUT2D eigenvalue weighted by molar-refractivity contribution is -0.153. The maximum absolute atomic E-state index is 14.1. The fourth-order valence-corrected chi connectivity index (χ4v) is 7.99. The van der Waals surface area contributed by atoms with E-state index in [4.69, 9.17) is 4.74 Å². The number of aliphatic hydroxyl groups is 1. The van der Waals surface area contributed by atoms with Gasteiger partial charge in [-0.2, -0.15) is 0 Å². The molecule has 33 heavy (non-hydrogen) atoms. The average molecular weight is 473 g/mol. The van der Waals surface area contributed by atoms with E-state index in [-0.39, 0.29) is 42.8 Å². The standard InChI is InChI=1S/C25H32N2O5S/c1-3-13-26(16-17-9-6-5-7-10-17)23(30)21-25-12-11-18(33-25)19(24(31)32-4-2)20(25)22(29)27(21)14-8-15-28/h3,5-7,9-10,18-21,28H,1,4,8,11-16H2,2H3/t18-,19+,20+,21?,25?/m1/s1. The molecule has 2 bridgehead atoms. The summed E-state index contributed by atoms with van der Waals surface area (Å²) in [6.45, 7) is 6.86. The van der Waals surface area contributed by atoms with E-state index >= 15 is 0 Å². The van der Waals surface area contributed by atoms with Crippen molar-refractivity contribution in [3.63, 3.8) is 0 Å². The van der Waals surface area contributed by atoms with Crippen LogP contribution in [0.4, 0.5) is 0 Å². The molecule has 1 aromatic carbocycles. The number of hydrogen-bond acceptors (Lipinski definition) is 6. The van der Waals surface area contributed by atoms with Gasteiger partial charge in [0.25, 0.3) is 0 Å². The summed E-state index contributed by atoms with van der Waals surface area (Å²) in [5.74, 6) is -1.70. The van der Waals surface area contributed by atoms with Crippen LogP contribution in [-0.4, -0.2) is 75.0 Å². The van der Waals surface area contributed by atoms with E-state index in [1.165, 1.54) is 0 Å². The highest BCUT2D eigenvalue weighted by Crippen LogP contribution is 2.66. The third-order valence-corrected chi connectivity index (χ3v) is 8.98. The fourth-order valence-electron chi connectivity index (χ4n) is 5.79. The third-order valence-electron chi connectivity index (χ3n) is 7.03. The van der Waals surface area contributed by atoms with Crippen LogP contribution in [0.5, 0.6) is 0 Å². The molecule has 0 aliphatic carbocycles. The normalized spacial score (nSPS) is 29.8. The largest absolute Gasteiger partial charge is 0.466 e. The number of nitrogens with zero attached hydrogens (tertiary/aromatic N) is 2. The second kappa shape index (κ2) is 9.89. The summed E-state index contributed by atoms with van der Waals surface area (Å²) in [6.07, 6.45) is 3.59. The number of carbonyl (C=O) groups excluding carboxylic acids is 3. The predicted octanol–water partition coefficient (Wildman–Crippen LogP) is 2.24. The Kier molecular flexibility index (Phi) is 7.14. The maximum Gasteiger partial charge on any atom is 0.310 e. The quantitative estimate of drug-likeness (QED) is 0.415. The molecule has 2 amide bonds. The number of carbonyl (C=O) groups is 3. The number of aliphatic hydroxyl groups excluding tert-OH is 1. The van der Waals surface area contributed by atoms with Crippen LogP contribution in [0.25, 0.3) is 0 Å².